The molecule has 2 rings (SSSR count). The molecule has 0 radical (unpaired) electrons. The summed E-state index contributed by atoms with van der Waals surface area (Å²) in [7, 11) is 0. The average Bonchev–Trinajstić information content (AvgIpc) is 3.01. The Morgan fingerprint density at radius 1 is 1.25 bits per heavy atom. The standard InChI is InChI=1S/C17H22N2O5/c1-11(20)19-14-3-2-4-15(10-14)24-8-7-18-16(21)12-5-6-13(9-12)17(22)23/h2-4,10,12-13H,5-9H2,1H3,(H,18,21)(H,19,20)(H,22,23)/t12-,13+/m1/s1. The molecule has 0 unspecified atom stereocenters. The highest BCUT2D eigenvalue weighted by Crippen LogP contribution is 2.31. The van der Waals surface area contributed by atoms with Crippen molar-refractivity contribution in [2.24, 2.45) is 11.8 Å². The van der Waals surface area contributed by atoms with Crippen molar-refractivity contribution in [3.05, 3.63) is 24.3 Å². The Kier molecular flexibility index (Phi) is 6.17. The van der Waals surface area contributed by atoms with Gasteiger partial charge in [0.1, 0.15) is 12.4 Å². The molecule has 1 saturated carbocycles. The quantitative estimate of drug-likeness (QED) is 0.658. The maximum absolute atomic E-state index is 12.0. The Hall–Kier alpha value is -2.57. The summed E-state index contributed by atoms with van der Waals surface area (Å²) < 4.78 is 5.54. The van der Waals surface area contributed by atoms with Gasteiger partial charge in [0.25, 0.3) is 0 Å². The van der Waals surface area contributed by atoms with Gasteiger partial charge in [-0.15, -0.1) is 0 Å². The van der Waals surface area contributed by atoms with Gasteiger partial charge in [-0.1, -0.05) is 6.07 Å². The number of carboxylic acid groups (broad SMARTS) is 1. The van der Waals surface area contributed by atoms with Gasteiger partial charge in [-0.2, -0.15) is 0 Å². The summed E-state index contributed by atoms with van der Waals surface area (Å²) in [6, 6.07) is 7.00. The van der Waals surface area contributed by atoms with Crippen LogP contribution >= 0.6 is 0 Å². The number of nitrogens with one attached hydrogen (secondary N) is 2. The topological polar surface area (TPSA) is 105 Å². The Labute approximate surface area is 140 Å². The van der Waals surface area contributed by atoms with E-state index in [1.165, 1.54) is 6.92 Å². The van der Waals surface area contributed by atoms with Crippen LogP contribution in [0.1, 0.15) is 26.2 Å². The van der Waals surface area contributed by atoms with Gasteiger partial charge < -0.3 is 20.5 Å². The number of hydrogen-bond acceptors (Lipinski definition) is 4. The van der Waals surface area contributed by atoms with Crippen LogP contribution in [0.2, 0.25) is 0 Å². The van der Waals surface area contributed by atoms with Gasteiger partial charge >= 0.3 is 5.97 Å². The zero-order valence-corrected chi connectivity index (χ0v) is 13.6. The third-order valence-corrected chi connectivity index (χ3v) is 3.98. The molecule has 2 atom stereocenters. The molecule has 0 aromatic heterocycles. The van der Waals surface area contributed by atoms with Crippen LogP contribution in [0.15, 0.2) is 24.3 Å². The molecule has 0 spiro atoms. The highest BCUT2D eigenvalue weighted by Gasteiger charge is 2.33. The van der Waals surface area contributed by atoms with Crippen molar-refractivity contribution in [3.8, 4) is 5.75 Å². The van der Waals surface area contributed by atoms with Crippen LogP contribution < -0.4 is 15.4 Å². The van der Waals surface area contributed by atoms with Crippen molar-refractivity contribution in [3.63, 3.8) is 0 Å². The smallest absolute Gasteiger partial charge is 0.306 e. The number of carbonyl (C=O) groups is 3. The average molecular weight is 334 g/mol. The van der Waals surface area contributed by atoms with E-state index in [0.29, 0.717) is 43.9 Å². The fourth-order valence-corrected chi connectivity index (χ4v) is 2.80. The molecule has 1 aliphatic carbocycles. The van der Waals surface area contributed by atoms with Crippen molar-refractivity contribution in [1.82, 2.24) is 5.32 Å². The lowest BCUT2D eigenvalue weighted by atomic mass is 10.0. The maximum atomic E-state index is 12.0. The Morgan fingerprint density at radius 3 is 2.67 bits per heavy atom. The number of ether oxygens (including phenoxy) is 1. The first-order valence-electron chi connectivity index (χ1n) is 7.96. The van der Waals surface area contributed by atoms with Crippen molar-refractivity contribution in [2.45, 2.75) is 26.2 Å². The SMILES string of the molecule is CC(=O)Nc1cccc(OCCNC(=O)[C@@H]2CC[C@H](C(=O)O)C2)c1. The number of benzene rings is 1. The number of carbonyl (C=O) groups excluding carboxylic acids is 2. The zero-order chi connectivity index (χ0) is 17.5. The molecule has 0 saturated heterocycles. The van der Waals surface area contributed by atoms with E-state index in [2.05, 4.69) is 10.6 Å². The predicted molar refractivity (Wildman–Crippen MR) is 87.7 cm³/mol. The molecule has 130 valence electrons. The summed E-state index contributed by atoms with van der Waals surface area (Å²) in [5, 5.41) is 14.4. The van der Waals surface area contributed by atoms with Crippen molar-refractivity contribution < 1.29 is 24.2 Å². The molecule has 2 amide bonds. The molecule has 0 heterocycles. The highest BCUT2D eigenvalue weighted by molar-refractivity contribution is 5.88. The number of amides is 2. The van der Waals surface area contributed by atoms with Crippen molar-refractivity contribution in [1.29, 1.82) is 0 Å². The second kappa shape index (κ2) is 8.33. The van der Waals surface area contributed by atoms with E-state index in [-0.39, 0.29) is 17.7 Å². The van der Waals surface area contributed by atoms with Crippen molar-refractivity contribution in [2.75, 3.05) is 18.5 Å². The Balaban J connectivity index is 1.70. The molecule has 24 heavy (non-hydrogen) atoms. The summed E-state index contributed by atoms with van der Waals surface area (Å²) in [6.07, 6.45) is 1.57. The molecule has 0 bridgehead atoms. The van der Waals surface area contributed by atoms with Crippen LogP contribution in [0, 0.1) is 11.8 Å². The lowest BCUT2D eigenvalue weighted by Crippen LogP contribution is -2.33. The molecular weight excluding hydrogens is 312 g/mol. The van der Waals surface area contributed by atoms with E-state index in [9.17, 15) is 14.4 Å². The second-order valence-corrected chi connectivity index (χ2v) is 5.89. The molecule has 3 N–H and O–H groups in total. The normalized spacial score (nSPS) is 19.5. The van der Waals surface area contributed by atoms with Gasteiger partial charge in [-0.3, -0.25) is 14.4 Å². The molecular formula is C17H22N2O5. The lowest BCUT2D eigenvalue weighted by molar-refractivity contribution is -0.141. The first-order valence-corrected chi connectivity index (χ1v) is 7.96. The highest BCUT2D eigenvalue weighted by atomic mass is 16.5. The first kappa shape index (κ1) is 17.8. The Morgan fingerprint density at radius 2 is 2.00 bits per heavy atom. The predicted octanol–water partition coefficient (Wildman–Crippen LogP) is 1.64. The zero-order valence-electron chi connectivity index (χ0n) is 13.6. The fraction of sp³-hybridized carbons (Fsp3) is 0.471. The first-order chi connectivity index (χ1) is 11.5. The molecule has 7 heteroatoms. The minimum absolute atomic E-state index is 0.116. The van der Waals surface area contributed by atoms with Crippen LogP contribution in [0.4, 0.5) is 5.69 Å². The molecule has 1 aromatic carbocycles. The van der Waals surface area contributed by atoms with E-state index in [0.717, 1.165) is 0 Å². The number of hydrogen-bond donors (Lipinski definition) is 3. The summed E-state index contributed by atoms with van der Waals surface area (Å²) in [6.45, 7) is 2.07. The monoisotopic (exact) mass is 334 g/mol. The maximum Gasteiger partial charge on any atom is 0.306 e. The van der Waals surface area contributed by atoms with E-state index < -0.39 is 11.9 Å². The lowest BCUT2D eigenvalue weighted by Gasteiger charge is -2.12. The second-order valence-electron chi connectivity index (χ2n) is 5.89. The van der Waals surface area contributed by atoms with Gasteiger partial charge in [0.05, 0.1) is 12.5 Å². The third-order valence-electron chi connectivity index (χ3n) is 3.98. The van der Waals surface area contributed by atoms with E-state index in [1.807, 2.05) is 0 Å². The largest absolute Gasteiger partial charge is 0.492 e. The summed E-state index contributed by atoms with van der Waals surface area (Å²) in [5.41, 5.74) is 0.648. The van der Waals surface area contributed by atoms with Gasteiger partial charge in [0, 0.05) is 24.6 Å². The fourth-order valence-electron chi connectivity index (χ4n) is 2.80. The molecule has 0 aliphatic heterocycles. The Bertz CT molecular complexity index is 617. The third kappa shape index (κ3) is 5.26. The molecule has 7 nitrogen and oxygen atoms in total. The van der Waals surface area contributed by atoms with Gasteiger partial charge in [0.2, 0.25) is 11.8 Å². The van der Waals surface area contributed by atoms with Crippen LogP contribution in [-0.4, -0.2) is 36.0 Å². The summed E-state index contributed by atoms with van der Waals surface area (Å²) in [5.74, 6) is -1.14. The number of carboxylic acids is 1. The van der Waals surface area contributed by atoms with Gasteiger partial charge in [0.15, 0.2) is 0 Å². The minimum atomic E-state index is -0.826. The van der Waals surface area contributed by atoms with Gasteiger partial charge in [-0.25, -0.2) is 0 Å². The van der Waals surface area contributed by atoms with Crippen molar-refractivity contribution >= 4 is 23.5 Å². The van der Waals surface area contributed by atoms with Gasteiger partial charge in [-0.05, 0) is 31.4 Å². The molecule has 1 aromatic rings. The molecule has 1 aliphatic rings. The van der Waals surface area contributed by atoms with Crippen LogP contribution in [0.25, 0.3) is 0 Å². The van der Waals surface area contributed by atoms with E-state index in [1.54, 1.807) is 24.3 Å². The minimum Gasteiger partial charge on any atom is -0.492 e. The number of aliphatic carboxylic acids is 1. The van der Waals surface area contributed by atoms with Crippen LogP contribution in [0.5, 0.6) is 5.75 Å². The van der Waals surface area contributed by atoms with Crippen LogP contribution in [-0.2, 0) is 14.4 Å². The number of anilines is 1. The summed E-state index contributed by atoms with van der Waals surface area (Å²) >= 11 is 0. The summed E-state index contributed by atoms with van der Waals surface area (Å²) in [4.78, 5) is 33.9. The van der Waals surface area contributed by atoms with E-state index in [4.69, 9.17) is 9.84 Å². The van der Waals surface area contributed by atoms with E-state index >= 15 is 0 Å². The number of rotatable bonds is 7. The van der Waals surface area contributed by atoms with Crippen LogP contribution in [0.3, 0.4) is 0 Å². The molecule has 1 fully saturated rings.